The van der Waals surface area contributed by atoms with Crippen LogP contribution in [-0.4, -0.2) is 54.4 Å². The van der Waals surface area contributed by atoms with Crippen LogP contribution in [0.4, 0.5) is 21.5 Å². The monoisotopic (exact) mass is 451 g/mol. The van der Waals surface area contributed by atoms with E-state index in [1.807, 2.05) is 25.1 Å². The summed E-state index contributed by atoms with van der Waals surface area (Å²) in [7, 11) is 0.509. The van der Waals surface area contributed by atoms with Gasteiger partial charge in [0.2, 0.25) is 0 Å². The van der Waals surface area contributed by atoms with Crippen LogP contribution in [0.15, 0.2) is 42.5 Å². The Morgan fingerprint density at radius 3 is 2.39 bits per heavy atom. The number of benzene rings is 2. The lowest BCUT2D eigenvalue weighted by molar-refractivity contribution is 0.124. The quantitative estimate of drug-likeness (QED) is 0.576. The molecular weight excluding hydrogens is 428 g/mol. The molecular formula is C18H24Cl2FN3O3S. The van der Waals surface area contributed by atoms with Crippen molar-refractivity contribution >= 4 is 52.0 Å². The second-order valence-corrected chi connectivity index (χ2v) is 8.58. The van der Waals surface area contributed by atoms with Crippen LogP contribution in [0.2, 0.25) is 5.02 Å². The lowest BCUT2D eigenvalue weighted by Gasteiger charge is -2.44. The van der Waals surface area contributed by atoms with E-state index in [1.54, 1.807) is 18.2 Å². The third-order valence-electron chi connectivity index (χ3n) is 4.16. The van der Waals surface area contributed by atoms with Crippen molar-refractivity contribution in [3.63, 3.8) is 0 Å². The minimum absolute atomic E-state index is 0. The first-order valence-corrected chi connectivity index (χ1v) is 10.3. The molecule has 0 spiro atoms. The zero-order valence-electron chi connectivity index (χ0n) is 15.6. The van der Waals surface area contributed by atoms with Crippen molar-refractivity contribution < 1.29 is 18.2 Å². The fourth-order valence-electron chi connectivity index (χ4n) is 2.86. The van der Waals surface area contributed by atoms with Crippen LogP contribution in [-0.2, 0) is 4.74 Å². The summed E-state index contributed by atoms with van der Waals surface area (Å²) >= 11 is 6.19. The Morgan fingerprint density at radius 2 is 1.75 bits per heavy atom. The highest BCUT2D eigenvalue weighted by atomic mass is 35.5. The molecule has 1 heterocycles. The zero-order valence-corrected chi connectivity index (χ0v) is 18.0. The average Bonchev–Trinajstić information content (AvgIpc) is 2.82. The van der Waals surface area contributed by atoms with Gasteiger partial charge in [-0.15, -0.1) is 12.4 Å². The summed E-state index contributed by atoms with van der Waals surface area (Å²) < 4.78 is 43.9. The number of para-hydroxylation sites is 2. The van der Waals surface area contributed by atoms with Gasteiger partial charge < -0.3 is 9.64 Å². The minimum Gasteiger partial charge on any atom is -0.378 e. The Bertz CT molecular complexity index is 813. The van der Waals surface area contributed by atoms with E-state index in [-0.39, 0.29) is 17.4 Å². The van der Waals surface area contributed by atoms with Crippen molar-refractivity contribution in [1.82, 2.24) is 4.90 Å². The lowest BCUT2D eigenvalue weighted by Crippen LogP contribution is -2.34. The second-order valence-electron chi connectivity index (χ2n) is 6.39. The molecule has 0 radical (unpaired) electrons. The van der Waals surface area contributed by atoms with Crippen LogP contribution in [0, 0.1) is 5.82 Å². The molecule has 1 aliphatic rings. The molecule has 0 unspecified atom stereocenters. The summed E-state index contributed by atoms with van der Waals surface area (Å²) in [5, 5.41) is 0.105. The molecule has 0 fully saturated rings. The molecule has 2 aromatic rings. The Hall–Kier alpha value is -1.26. The Morgan fingerprint density at radius 1 is 1.07 bits per heavy atom. The van der Waals surface area contributed by atoms with Crippen molar-refractivity contribution in [2.75, 3.05) is 49.0 Å². The number of nitrogens with zero attached hydrogens (tertiary/aromatic N) is 3. The van der Waals surface area contributed by atoms with E-state index in [1.165, 1.54) is 20.7 Å². The standard InChI is InChI=1S/C18H23ClFN3O3S.ClH/c1-21(2)9-11-26-12-10-22-17-5-3-4-6-18(17)23(27(22,24)25)16-8-7-14(20)13-15(16)19;/h3-8,13,24-25H,9-12H2,1-2H3;1H. The maximum atomic E-state index is 13.4. The Kier molecular flexibility index (Phi) is 7.81. The van der Waals surface area contributed by atoms with Crippen LogP contribution in [0.5, 0.6) is 0 Å². The van der Waals surface area contributed by atoms with E-state index in [4.69, 9.17) is 16.3 Å². The van der Waals surface area contributed by atoms with Crippen LogP contribution >= 0.6 is 35.0 Å². The van der Waals surface area contributed by atoms with E-state index in [2.05, 4.69) is 0 Å². The highest BCUT2D eigenvalue weighted by molar-refractivity contribution is 8.27. The zero-order chi connectivity index (χ0) is 19.6. The number of hydrogen-bond acceptors (Lipinski definition) is 6. The Balaban J connectivity index is 0.00000280. The molecule has 2 N–H and O–H groups in total. The molecule has 0 amide bonds. The maximum Gasteiger partial charge on any atom is 0.124 e. The number of halogens is 3. The van der Waals surface area contributed by atoms with Crippen molar-refractivity contribution in [3.8, 4) is 0 Å². The predicted octanol–water partition coefficient (Wildman–Crippen LogP) is 5.02. The molecule has 0 aromatic heterocycles. The lowest BCUT2D eigenvalue weighted by atomic mass is 10.2. The van der Waals surface area contributed by atoms with Crippen LogP contribution in [0.3, 0.4) is 0 Å². The summed E-state index contributed by atoms with van der Waals surface area (Å²) in [4.78, 5) is 2.01. The van der Waals surface area contributed by atoms with Crippen molar-refractivity contribution in [1.29, 1.82) is 0 Å². The van der Waals surface area contributed by atoms with Gasteiger partial charge in [0.25, 0.3) is 0 Å². The SMILES string of the molecule is CN(C)CCOCCN1c2ccccc2N(c2ccc(F)cc2Cl)S1(O)O.Cl. The summed E-state index contributed by atoms with van der Waals surface area (Å²) in [6.07, 6.45) is 0. The van der Waals surface area contributed by atoms with Gasteiger partial charge in [-0.25, -0.2) is 13.0 Å². The highest BCUT2D eigenvalue weighted by Gasteiger charge is 2.42. The van der Waals surface area contributed by atoms with Crippen LogP contribution in [0.25, 0.3) is 0 Å². The molecule has 0 saturated carbocycles. The first kappa shape index (κ1) is 23.0. The first-order chi connectivity index (χ1) is 12.8. The summed E-state index contributed by atoms with van der Waals surface area (Å²) in [6, 6.07) is 11.0. The molecule has 10 heteroatoms. The van der Waals surface area contributed by atoms with Crippen molar-refractivity contribution in [2.24, 2.45) is 0 Å². The van der Waals surface area contributed by atoms with Crippen LogP contribution in [0.1, 0.15) is 0 Å². The van der Waals surface area contributed by atoms with Gasteiger partial charge in [0.15, 0.2) is 0 Å². The predicted molar refractivity (Wildman–Crippen MR) is 117 cm³/mol. The van der Waals surface area contributed by atoms with E-state index in [0.717, 1.165) is 12.6 Å². The molecule has 0 bridgehead atoms. The van der Waals surface area contributed by atoms with Gasteiger partial charge in [-0.05, 0) is 55.4 Å². The van der Waals surface area contributed by atoms with Gasteiger partial charge in [0.05, 0.1) is 41.8 Å². The molecule has 28 heavy (non-hydrogen) atoms. The van der Waals surface area contributed by atoms with Crippen molar-refractivity contribution in [2.45, 2.75) is 0 Å². The number of hydrogen-bond donors (Lipinski definition) is 2. The molecule has 2 aromatic carbocycles. The first-order valence-electron chi connectivity index (χ1n) is 8.45. The fourth-order valence-corrected chi connectivity index (χ4v) is 4.93. The van der Waals surface area contributed by atoms with Gasteiger partial charge in [-0.2, -0.15) is 0 Å². The normalized spacial score (nSPS) is 16.1. The molecule has 1 aliphatic heterocycles. The number of likely N-dealkylation sites (N-methyl/N-ethyl adjacent to an activating group) is 1. The van der Waals surface area contributed by atoms with Gasteiger partial charge in [0, 0.05) is 6.54 Å². The minimum atomic E-state index is -3.41. The molecule has 0 saturated heterocycles. The van der Waals surface area contributed by atoms with Gasteiger partial charge in [-0.1, -0.05) is 23.7 Å². The van der Waals surface area contributed by atoms with Crippen molar-refractivity contribution in [3.05, 3.63) is 53.3 Å². The molecule has 3 rings (SSSR count). The Labute approximate surface area is 177 Å². The largest absolute Gasteiger partial charge is 0.378 e. The number of fused-ring (bicyclic) bond motifs is 1. The smallest absolute Gasteiger partial charge is 0.124 e. The summed E-state index contributed by atoms with van der Waals surface area (Å²) in [6.45, 7) is 1.96. The molecule has 156 valence electrons. The van der Waals surface area contributed by atoms with Crippen LogP contribution < -0.4 is 8.61 Å². The number of anilines is 3. The number of ether oxygens (including phenoxy) is 1. The van der Waals surface area contributed by atoms with E-state index in [0.29, 0.717) is 36.8 Å². The third kappa shape index (κ3) is 4.65. The highest BCUT2D eigenvalue weighted by Crippen LogP contribution is 2.64. The van der Waals surface area contributed by atoms with E-state index in [9.17, 15) is 13.5 Å². The molecule has 6 nitrogen and oxygen atoms in total. The second kappa shape index (κ2) is 9.49. The van der Waals surface area contributed by atoms with E-state index < -0.39 is 16.8 Å². The van der Waals surface area contributed by atoms with Gasteiger partial charge in [0.1, 0.15) is 5.82 Å². The van der Waals surface area contributed by atoms with Gasteiger partial charge in [-0.3, -0.25) is 9.11 Å². The number of rotatable bonds is 7. The van der Waals surface area contributed by atoms with E-state index >= 15 is 0 Å². The topological polar surface area (TPSA) is 59.4 Å². The fraction of sp³-hybridized carbons (Fsp3) is 0.333. The maximum absolute atomic E-state index is 13.4. The summed E-state index contributed by atoms with van der Waals surface area (Å²) in [5.41, 5.74) is 1.59. The van der Waals surface area contributed by atoms with Gasteiger partial charge >= 0.3 is 0 Å². The molecule has 0 aliphatic carbocycles. The molecule has 0 atom stereocenters. The summed E-state index contributed by atoms with van der Waals surface area (Å²) in [5.74, 6) is -0.487. The average molecular weight is 452 g/mol. The third-order valence-corrected chi connectivity index (χ3v) is 6.32.